The molecule has 162 valence electrons. The van der Waals surface area contributed by atoms with Crippen molar-refractivity contribution in [1.29, 1.82) is 0 Å². The topological polar surface area (TPSA) is 41.6 Å². The zero-order valence-corrected chi connectivity index (χ0v) is 18.3. The number of hydrogen-bond acceptors (Lipinski definition) is 3. The van der Waals surface area contributed by atoms with Gasteiger partial charge in [-0.1, -0.05) is 45.0 Å². The SMILES string of the molecule is CC(C)(C)c1ccc(OCCNC(=O)C2CCN(Cc3ccc(F)cc3)CC2)cc1. The van der Waals surface area contributed by atoms with Gasteiger partial charge in [0.1, 0.15) is 18.2 Å². The number of piperidine rings is 1. The Labute approximate surface area is 179 Å². The molecule has 2 aromatic rings. The van der Waals surface area contributed by atoms with E-state index in [1.54, 1.807) is 0 Å². The molecule has 0 atom stereocenters. The Morgan fingerprint density at radius 1 is 1.07 bits per heavy atom. The quantitative estimate of drug-likeness (QED) is 0.680. The molecule has 0 aromatic heterocycles. The summed E-state index contributed by atoms with van der Waals surface area (Å²) in [7, 11) is 0. The predicted molar refractivity (Wildman–Crippen MR) is 118 cm³/mol. The number of ether oxygens (including phenoxy) is 1. The molecule has 3 rings (SSSR count). The van der Waals surface area contributed by atoms with Crippen LogP contribution in [-0.2, 0) is 16.8 Å². The molecular formula is C25H33FN2O2. The van der Waals surface area contributed by atoms with E-state index in [1.165, 1.54) is 17.7 Å². The van der Waals surface area contributed by atoms with Crippen molar-refractivity contribution in [2.75, 3.05) is 26.2 Å². The maximum Gasteiger partial charge on any atom is 0.223 e. The van der Waals surface area contributed by atoms with Gasteiger partial charge in [-0.15, -0.1) is 0 Å². The number of nitrogens with zero attached hydrogens (tertiary/aromatic N) is 1. The first-order valence-corrected chi connectivity index (χ1v) is 10.8. The molecule has 2 aromatic carbocycles. The molecular weight excluding hydrogens is 379 g/mol. The number of halogens is 1. The van der Waals surface area contributed by atoms with Crippen molar-refractivity contribution in [1.82, 2.24) is 10.2 Å². The van der Waals surface area contributed by atoms with Crippen molar-refractivity contribution in [2.45, 2.75) is 45.6 Å². The molecule has 0 spiro atoms. The van der Waals surface area contributed by atoms with E-state index >= 15 is 0 Å². The number of carbonyl (C=O) groups is 1. The van der Waals surface area contributed by atoms with E-state index < -0.39 is 0 Å². The van der Waals surface area contributed by atoms with Gasteiger partial charge in [0, 0.05) is 12.5 Å². The normalized spacial score (nSPS) is 15.7. The van der Waals surface area contributed by atoms with Crippen LogP contribution < -0.4 is 10.1 Å². The maximum absolute atomic E-state index is 13.0. The third-order valence-corrected chi connectivity index (χ3v) is 5.67. The van der Waals surface area contributed by atoms with Gasteiger partial charge < -0.3 is 10.1 Å². The monoisotopic (exact) mass is 412 g/mol. The first-order valence-electron chi connectivity index (χ1n) is 10.8. The van der Waals surface area contributed by atoms with Crippen LogP contribution in [0.2, 0.25) is 0 Å². The molecule has 0 unspecified atom stereocenters. The summed E-state index contributed by atoms with van der Waals surface area (Å²) in [6.45, 7) is 10.1. The Hall–Kier alpha value is -2.40. The highest BCUT2D eigenvalue weighted by molar-refractivity contribution is 5.78. The van der Waals surface area contributed by atoms with Crippen molar-refractivity contribution in [3.63, 3.8) is 0 Å². The summed E-state index contributed by atoms with van der Waals surface area (Å²) in [4.78, 5) is 14.8. The largest absolute Gasteiger partial charge is 0.492 e. The van der Waals surface area contributed by atoms with E-state index in [0.717, 1.165) is 43.8 Å². The van der Waals surface area contributed by atoms with Crippen LogP contribution >= 0.6 is 0 Å². The highest BCUT2D eigenvalue weighted by Crippen LogP contribution is 2.24. The molecule has 5 heteroatoms. The number of rotatable bonds is 7. The van der Waals surface area contributed by atoms with Gasteiger partial charge in [0.05, 0.1) is 6.54 Å². The lowest BCUT2D eigenvalue weighted by Gasteiger charge is -2.31. The van der Waals surface area contributed by atoms with Crippen LogP contribution in [0.5, 0.6) is 5.75 Å². The second-order valence-corrected chi connectivity index (χ2v) is 9.09. The molecule has 0 aliphatic carbocycles. The molecule has 1 aliphatic rings. The highest BCUT2D eigenvalue weighted by Gasteiger charge is 2.24. The third-order valence-electron chi connectivity index (χ3n) is 5.67. The fraction of sp³-hybridized carbons (Fsp3) is 0.480. The Bertz CT molecular complexity index is 805. The molecule has 0 radical (unpaired) electrons. The van der Waals surface area contributed by atoms with E-state index in [9.17, 15) is 9.18 Å². The minimum absolute atomic E-state index is 0.0561. The lowest BCUT2D eigenvalue weighted by Crippen LogP contribution is -2.41. The smallest absolute Gasteiger partial charge is 0.223 e. The van der Waals surface area contributed by atoms with Crippen LogP contribution in [0.4, 0.5) is 4.39 Å². The average molecular weight is 413 g/mol. The molecule has 4 nitrogen and oxygen atoms in total. The molecule has 1 N–H and O–H groups in total. The van der Waals surface area contributed by atoms with Crippen molar-refractivity contribution < 1.29 is 13.9 Å². The lowest BCUT2D eigenvalue weighted by molar-refractivity contribution is -0.126. The molecule has 1 saturated heterocycles. The van der Waals surface area contributed by atoms with Gasteiger partial charge >= 0.3 is 0 Å². The Morgan fingerprint density at radius 2 is 1.70 bits per heavy atom. The van der Waals surface area contributed by atoms with Crippen LogP contribution in [0.15, 0.2) is 48.5 Å². The van der Waals surface area contributed by atoms with E-state index in [1.807, 2.05) is 24.3 Å². The van der Waals surface area contributed by atoms with Gasteiger partial charge in [-0.3, -0.25) is 9.69 Å². The molecule has 0 bridgehead atoms. The van der Waals surface area contributed by atoms with Crippen LogP contribution in [0.3, 0.4) is 0 Å². The third kappa shape index (κ3) is 6.56. The van der Waals surface area contributed by atoms with E-state index in [0.29, 0.717) is 13.2 Å². The van der Waals surface area contributed by atoms with Crippen LogP contribution in [0.25, 0.3) is 0 Å². The van der Waals surface area contributed by atoms with Gasteiger partial charge in [-0.25, -0.2) is 4.39 Å². The zero-order valence-electron chi connectivity index (χ0n) is 18.3. The average Bonchev–Trinajstić information content (AvgIpc) is 2.73. The predicted octanol–water partition coefficient (Wildman–Crippen LogP) is 4.53. The van der Waals surface area contributed by atoms with Gasteiger partial charge in [-0.05, 0) is 66.7 Å². The minimum atomic E-state index is -0.208. The number of carbonyl (C=O) groups excluding carboxylic acids is 1. The molecule has 1 amide bonds. The van der Waals surface area contributed by atoms with Crippen molar-refractivity contribution in [3.05, 3.63) is 65.5 Å². The summed E-state index contributed by atoms with van der Waals surface area (Å²) in [6, 6.07) is 14.8. The highest BCUT2D eigenvalue weighted by atomic mass is 19.1. The summed E-state index contributed by atoms with van der Waals surface area (Å²) >= 11 is 0. The van der Waals surface area contributed by atoms with Gasteiger partial charge in [-0.2, -0.15) is 0 Å². The van der Waals surface area contributed by atoms with Crippen molar-refractivity contribution >= 4 is 5.91 Å². The molecule has 1 aliphatic heterocycles. The second kappa shape index (κ2) is 10.1. The minimum Gasteiger partial charge on any atom is -0.492 e. The summed E-state index contributed by atoms with van der Waals surface area (Å²) in [5.41, 5.74) is 2.50. The van der Waals surface area contributed by atoms with Gasteiger partial charge in [0.2, 0.25) is 5.91 Å². The summed E-state index contributed by atoms with van der Waals surface area (Å²) < 4.78 is 18.8. The van der Waals surface area contributed by atoms with Gasteiger partial charge in [0.25, 0.3) is 0 Å². The van der Waals surface area contributed by atoms with E-state index in [2.05, 4.69) is 43.1 Å². The van der Waals surface area contributed by atoms with Crippen LogP contribution in [0.1, 0.15) is 44.7 Å². The molecule has 30 heavy (non-hydrogen) atoms. The van der Waals surface area contributed by atoms with E-state index in [-0.39, 0.29) is 23.1 Å². The molecule has 0 saturated carbocycles. The summed E-state index contributed by atoms with van der Waals surface area (Å²) in [5, 5.41) is 3.00. The fourth-order valence-corrected chi connectivity index (χ4v) is 3.74. The number of nitrogens with one attached hydrogen (secondary N) is 1. The van der Waals surface area contributed by atoms with E-state index in [4.69, 9.17) is 4.74 Å². The second-order valence-electron chi connectivity index (χ2n) is 9.09. The number of amides is 1. The Morgan fingerprint density at radius 3 is 2.30 bits per heavy atom. The maximum atomic E-state index is 13.0. The first kappa shape index (κ1) is 22.3. The number of benzene rings is 2. The van der Waals surface area contributed by atoms with Crippen molar-refractivity contribution in [3.8, 4) is 5.75 Å². The Kier molecular flexibility index (Phi) is 7.48. The zero-order chi connectivity index (χ0) is 21.6. The lowest BCUT2D eigenvalue weighted by atomic mass is 9.87. The van der Waals surface area contributed by atoms with Crippen LogP contribution in [-0.4, -0.2) is 37.0 Å². The standard InChI is InChI=1S/C25H33FN2O2/c1-25(2,3)21-6-10-23(11-7-21)30-17-14-27-24(29)20-12-15-28(16-13-20)18-19-4-8-22(26)9-5-19/h4-11,20H,12-18H2,1-3H3,(H,27,29). The number of hydrogen-bond donors (Lipinski definition) is 1. The number of likely N-dealkylation sites (tertiary alicyclic amines) is 1. The fourth-order valence-electron chi connectivity index (χ4n) is 3.74. The first-order chi connectivity index (χ1) is 14.3. The molecule has 1 heterocycles. The van der Waals surface area contributed by atoms with Crippen LogP contribution in [0, 0.1) is 11.7 Å². The Balaban J connectivity index is 1.33. The van der Waals surface area contributed by atoms with Crippen molar-refractivity contribution in [2.24, 2.45) is 5.92 Å². The summed E-state index contributed by atoms with van der Waals surface area (Å²) in [6.07, 6.45) is 1.70. The molecule has 1 fully saturated rings. The van der Waals surface area contributed by atoms with Gasteiger partial charge in [0.15, 0.2) is 0 Å². The summed E-state index contributed by atoms with van der Waals surface area (Å²) in [5.74, 6) is 0.787.